The maximum absolute atomic E-state index is 11.1. The van der Waals surface area contributed by atoms with Gasteiger partial charge in [-0.15, -0.1) is 0 Å². The minimum atomic E-state index is -0.777. The van der Waals surface area contributed by atoms with Crippen molar-refractivity contribution < 1.29 is 19.1 Å². The topological polar surface area (TPSA) is 72.6 Å². The fourth-order valence-electron chi connectivity index (χ4n) is 3.15. The Morgan fingerprint density at radius 2 is 1.91 bits per heavy atom. The van der Waals surface area contributed by atoms with Crippen molar-refractivity contribution in [3.05, 3.63) is 96.4 Å². The molecule has 0 saturated heterocycles. The fourth-order valence-corrected chi connectivity index (χ4v) is 3.15. The van der Waals surface area contributed by atoms with Crippen LogP contribution in [0.25, 0.3) is 11.5 Å². The normalized spacial score (nSPS) is 11.0. The molecule has 0 bridgehead atoms. The lowest BCUT2D eigenvalue weighted by atomic mass is 9.98. The van der Waals surface area contributed by atoms with E-state index in [4.69, 9.17) is 14.3 Å². The first-order valence-electron chi connectivity index (χ1n) is 12.2. The van der Waals surface area contributed by atoms with E-state index in [0.717, 1.165) is 34.6 Å². The third-order valence-corrected chi connectivity index (χ3v) is 4.99. The average molecular weight is 478 g/mol. The summed E-state index contributed by atoms with van der Waals surface area (Å²) in [4.78, 5) is 15.6. The Bertz CT molecular complexity index is 1040. The summed E-state index contributed by atoms with van der Waals surface area (Å²) in [5.41, 5.74) is 3.90. The number of rotatable bonds is 10. The number of hydrogen-bond acceptors (Lipinski definition) is 4. The molecule has 0 unspecified atom stereocenters. The van der Waals surface area contributed by atoms with Gasteiger partial charge in [0.05, 0.1) is 18.2 Å². The van der Waals surface area contributed by atoms with E-state index in [-0.39, 0.29) is 0 Å². The van der Waals surface area contributed by atoms with Gasteiger partial charge in [-0.05, 0) is 49.1 Å². The zero-order valence-electron chi connectivity index (χ0n) is 21.7. The first kappa shape index (κ1) is 29.4. The molecular weight excluding hydrogens is 438 g/mol. The lowest BCUT2D eigenvalue weighted by molar-refractivity contribution is -0.141. The third kappa shape index (κ3) is 10.5. The van der Waals surface area contributed by atoms with Crippen LogP contribution in [0.15, 0.2) is 84.0 Å². The molecule has 3 aromatic rings. The fraction of sp³-hybridized carbons (Fsp3) is 0.333. The van der Waals surface area contributed by atoms with E-state index >= 15 is 0 Å². The van der Waals surface area contributed by atoms with E-state index in [9.17, 15) is 4.79 Å². The molecule has 0 spiro atoms. The summed E-state index contributed by atoms with van der Waals surface area (Å²) in [6.07, 6.45) is 9.24. The molecule has 5 heteroatoms. The zero-order valence-corrected chi connectivity index (χ0v) is 21.7. The summed E-state index contributed by atoms with van der Waals surface area (Å²) >= 11 is 0. The van der Waals surface area contributed by atoms with Crippen molar-refractivity contribution in [1.82, 2.24) is 4.98 Å². The molecule has 0 aliphatic rings. The van der Waals surface area contributed by atoms with Gasteiger partial charge in [-0.1, -0.05) is 82.8 Å². The van der Waals surface area contributed by atoms with Crippen molar-refractivity contribution in [2.45, 2.75) is 53.9 Å². The van der Waals surface area contributed by atoms with E-state index in [2.05, 4.69) is 18.5 Å². The van der Waals surface area contributed by atoms with Crippen LogP contribution in [0.1, 0.15) is 51.4 Å². The van der Waals surface area contributed by atoms with Crippen molar-refractivity contribution in [3.8, 4) is 17.2 Å². The largest absolute Gasteiger partial charge is 0.493 e. The number of carboxylic acids is 1. The Morgan fingerprint density at radius 3 is 2.49 bits per heavy atom. The summed E-state index contributed by atoms with van der Waals surface area (Å²) in [7, 11) is 0. The number of aliphatic carboxylic acids is 1. The Morgan fingerprint density at radius 1 is 1.20 bits per heavy atom. The smallest absolute Gasteiger partial charge is 0.306 e. The molecule has 5 nitrogen and oxygen atoms in total. The van der Waals surface area contributed by atoms with Crippen molar-refractivity contribution in [1.29, 1.82) is 0 Å². The highest BCUT2D eigenvalue weighted by Gasteiger charge is 2.13. The number of aromatic nitrogens is 1. The molecule has 1 heterocycles. The number of nitrogens with zero attached hydrogens (tertiary/aromatic N) is 1. The van der Waals surface area contributed by atoms with Crippen LogP contribution in [0.4, 0.5) is 0 Å². The van der Waals surface area contributed by atoms with Gasteiger partial charge in [0.15, 0.2) is 0 Å². The molecule has 0 fully saturated rings. The molecule has 2 aromatic carbocycles. The van der Waals surface area contributed by atoms with Crippen LogP contribution in [0, 0.1) is 5.92 Å². The molecule has 35 heavy (non-hydrogen) atoms. The Kier molecular flexibility index (Phi) is 14.2. The minimum Gasteiger partial charge on any atom is -0.493 e. The summed E-state index contributed by atoms with van der Waals surface area (Å²) in [6.45, 7) is 13.7. The summed E-state index contributed by atoms with van der Waals surface area (Å²) in [6, 6.07) is 15.7. The average Bonchev–Trinajstić information content (AvgIpc) is 3.36. The van der Waals surface area contributed by atoms with E-state index in [1.807, 2.05) is 81.5 Å². The first-order valence-corrected chi connectivity index (χ1v) is 12.2. The molecule has 0 aliphatic heterocycles. The highest BCUT2D eigenvalue weighted by atomic mass is 16.5. The summed E-state index contributed by atoms with van der Waals surface area (Å²) in [5.74, 6) is 0.270. The van der Waals surface area contributed by atoms with E-state index in [1.54, 1.807) is 19.3 Å². The highest BCUT2D eigenvalue weighted by Crippen LogP contribution is 2.23. The molecule has 1 aromatic heterocycles. The second kappa shape index (κ2) is 16.9. The molecule has 188 valence electrons. The van der Waals surface area contributed by atoms with Crippen LogP contribution in [0.2, 0.25) is 0 Å². The van der Waals surface area contributed by atoms with E-state index in [0.29, 0.717) is 25.3 Å². The number of oxazole rings is 1. The number of ether oxygens (including phenoxy) is 1. The van der Waals surface area contributed by atoms with Crippen LogP contribution in [-0.4, -0.2) is 22.7 Å². The lowest BCUT2D eigenvalue weighted by Gasteiger charge is -2.13. The van der Waals surface area contributed by atoms with Gasteiger partial charge >= 0.3 is 5.97 Å². The maximum Gasteiger partial charge on any atom is 0.306 e. The molecule has 0 saturated carbocycles. The number of hydrogen-bond donors (Lipinski definition) is 1. The third-order valence-electron chi connectivity index (χ3n) is 4.99. The van der Waals surface area contributed by atoms with Gasteiger partial charge in [-0.3, -0.25) is 4.79 Å². The molecule has 0 aliphatic carbocycles. The van der Waals surface area contributed by atoms with Gasteiger partial charge in [0.1, 0.15) is 12.0 Å². The van der Waals surface area contributed by atoms with Crippen LogP contribution >= 0.6 is 0 Å². The van der Waals surface area contributed by atoms with Crippen LogP contribution in [-0.2, 0) is 24.1 Å². The van der Waals surface area contributed by atoms with Crippen molar-refractivity contribution in [2.24, 2.45) is 5.92 Å². The van der Waals surface area contributed by atoms with E-state index < -0.39 is 11.9 Å². The number of allylic oxidation sites excluding steroid dienone is 3. The Hall–Kier alpha value is -3.60. The summed E-state index contributed by atoms with van der Waals surface area (Å²) < 4.78 is 11.5. The van der Waals surface area contributed by atoms with Crippen LogP contribution in [0.5, 0.6) is 5.75 Å². The molecular formula is C30H39NO4. The predicted molar refractivity (Wildman–Crippen MR) is 144 cm³/mol. The molecule has 0 radical (unpaired) electrons. The molecule has 3 rings (SSSR count). The minimum absolute atomic E-state index is 0.401. The molecule has 0 amide bonds. The zero-order chi connectivity index (χ0) is 26.1. The molecule has 1 N–H and O–H groups in total. The quantitative estimate of drug-likeness (QED) is 0.305. The van der Waals surface area contributed by atoms with E-state index in [1.165, 1.54) is 0 Å². The maximum atomic E-state index is 11.1. The van der Waals surface area contributed by atoms with Gasteiger partial charge in [0, 0.05) is 12.0 Å². The van der Waals surface area contributed by atoms with Crippen molar-refractivity contribution in [3.63, 3.8) is 0 Å². The Balaban J connectivity index is 0.000000779. The van der Waals surface area contributed by atoms with Gasteiger partial charge < -0.3 is 14.3 Å². The van der Waals surface area contributed by atoms with Gasteiger partial charge in [0.25, 0.3) is 0 Å². The second-order valence-electron chi connectivity index (χ2n) is 7.61. The second-order valence-corrected chi connectivity index (χ2v) is 7.61. The van der Waals surface area contributed by atoms with Crippen LogP contribution < -0.4 is 4.74 Å². The SMILES string of the molecule is C=C/C=C\C.CC.CCc1cc(C[C@H](C)C(=O)O)ccc1OCCc1coc(-c2ccccc2)n1. The van der Waals surface area contributed by atoms with Gasteiger partial charge in [0.2, 0.25) is 5.89 Å². The standard InChI is InChI=1S/C23H25NO4.C5H8.C2H6/c1-3-18-14-17(13-16(2)23(25)26)9-10-21(18)27-12-11-20-15-28-22(24-20)19-7-5-4-6-8-19;1-3-5-4-2;1-2/h4-10,14-16H,3,11-13H2,1-2H3,(H,25,26);3-5H,1H2,2H3;1-2H3/b;5-4-;/t16-;;/m0../s1. The van der Waals surface area contributed by atoms with Gasteiger partial charge in [-0.25, -0.2) is 4.98 Å². The number of benzene rings is 2. The first-order chi connectivity index (χ1) is 17.0. The monoisotopic (exact) mass is 477 g/mol. The summed E-state index contributed by atoms with van der Waals surface area (Å²) in [5, 5.41) is 9.08. The van der Waals surface area contributed by atoms with Crippen LogP contribution in [0.3, 0.4) is 0 Å². The van der Waals surface area contributed by atoms with Crippen molar-refractivity contribution >= 4 is 5.97 Å². The highest BCUT2D eigenvalue weighted by molar-refractivity contribution is 5.69. The molecule has 1 atom stereocenters. The lowest BCUT2D eigenvalue weighted by Crippen LogP contribution is -2.12. The number of carbonyl (C=O) groups is 1. The van der Waals surface area contributed by atoms with Gasteiger partial charge in [-0.2, -0.15) is 0 Å². The predicted octanol–water partition coefficient (Wildman–Crippen LogP) is 7.56. The number of carboxylic acid groups (broad SMARTS) is 1. The number of aryl methyl sites for hydroxylation is 1. The Labute approximate surface area is 210 Å². The van der Waals surface area contributed by atoms with Crippen molar-refractivity contribution in [2.75, 3.05) is 6.61 Å².